The molecule has 0 saturated carbocycles. The van der Waals surface area contributed by atoms with Crippen molar-refractivity contribution in [3.05, 3.63) is 53.5 Å². The predicted octanol–water partition coefficient (Wildman–Crippen LogP) is 4.98. The second-order valence-electron chi connectivity index (χ2n) is 5.13. The minimum Gasteiger partial charge on any atom is -0.375 e. The van der Waals surface area contributed by atoms with E-state index in [0.717, 1.165) is 27.2 Å². The molecule has 5 heteroatoms. The molecule has 0 aliphatic rings. The normalized spacial score (nSPS) is 11.1. The Kier molecular flexibility index (Phi) is 3.17. The fraction of sp³-hybridized carbons (Fsp3) is 0.0588. The molecule has 4 rings (SSSR count). The summed E-state index contributed by atoms with van der Waals surface area (Å²) in [6.45, 7) is 2.09. The molecular weight excluding hydrogens is 310 g/mol. The van der Waals surface area contributed by atoms with E-state index in [4.69, 9.17) is 5.73 Å². The van der Waals surface area contributed by atoms with Gasteiger partial charge in [0.1, 0.15) is 0 Å². The number of benzene rings is 2. The molecule has 0 saturated heterocycles. The fourth-order valence-electron chi connectivity index (χ4n) is 2.52. The highest BCUT2D eigenvalue weighted by atomic mass is 32.1. The first-order valence-electron chi connectivity index (χ1n) is 6.88. The summed E-state index contributed by atoms with van der Waals surface area (Å²) in [5.74, 6) is 0. The van der Waals surface area contributed by atoms with Crippen molar-refractivity contribution in [1.29, 1.82) is 0 Å². The van der Waals surface area contributed by atoms with E-state index in [-0.39, 0.29) is 0 Å². The Labute approximate surface area is 136 Å². The number of thiazole rings is 2. The van der Waals surface area contributed by atoms with Crippen LogP contribution in [0.25, 0.3) is 31.9 Å². The first-order valence-corrected chi connectivity index (χ1v) is 8.57. The molecule has 22 heavy (non-hydrogen) atoms. The Morgan fingerprint density at radius 2 is 1.95 bits per heavy atom. The van der Waals surface area contributed by atoms with Gasteiger partial charge in [0, 0.05) is 5.56 Å². The molecule has 0 radical (unpaired) electrons. The van der Waals surface area contributed by atoms with Crippen LogP contribution in [0.15, 0.2) is 48.0 Å². The lowest BCUT2D eigenvalue weighted by Gasteiger charge is -2.04. The highest BCUT2D eigenvalue weighted by molar-refractivity contribution is 7.19. The third kappa shape index (κ3) is 2.28. The van der Waals surface area contributed by atoms with Crippen molar-refractivity contribution in [3.63, 3.8) is 0 Å². The highest BCUT2D eigenvalue weighted by Crippen LogP contribution is 2.39. The van der Waals surface area contributed by atoms with Crippen molar-refractivity contribution in [1.82, 2.24) is 9.97 Å². The summed E-state index contributed by atoms with van der Waals surface area (Å²) in [4.78, 5) is 9.99. The molecule has 0 spiro atoms. The summed E-state index contributed by atoms with van der Waals surface area (Å²) in [5.41, 5.74) is 13.3. The van der Waals surface area contributed by atoms with Crippen LogP contribution < -0.4 is 5.73 Å². The van der Waals surface area contributed by atoms with Crippen LogP contribution in [0.2, 0.25) is 0 Å². The molecule has 0 aliphatic carbocycles. The van der Waals surface area contributed by atoms with Gasteiger partial charge in [0.05, 0.1) is 26.3 Å². The van der Waals surface area contributed by atoms with Crippen molar-refractivity contribution in [3.8, 4) is 21.7 Å². The van der Waals surface area contributed by atoms with E-state index in [0.29, 0.717) is 5.13 Å². The molecule has 0 bridgehead atoms. The molecule has 0 amide bonds. The van der Waals surface area contributed by atoms with E-state index in [1.807, 2.05) is 5.51 Å². The zero-order valence-electron chi connectivity index (χ0n) is 11.9. The molecule has 2 aromatic heterocycles. The molecular formula is C17H13N3S2. The number of nitrogens with two attached hydrogens (primary N) is 1. The van der Waals surface area contributed by atoms with E-state index in [9.17, 15) is 0 Å². The molecule has 2 aromatic carbocycles. The number of rotatable bonds is 2. The number of aryl methyl sites for hydroxylation is 1. The average molecular weight is 323 g/mol. The fourth-order valence-corrected chi connectivity index (χ4v) is 4.08. The minimum atomic E-state index is 0.593. The van der Waals surface area contributed by atoms with E-state index >= 15 is 0 Å². The molecule has 0 aliphatic heterocycles. The van der Waals surface area contributed by atoms with Gasteiger partial charge in [-0.1, -0.05) is 41.2 Å². The van der Waals surface area contributed by atoms with Gasteiger partial charge in [-0.15, -0.1) is 11.3 Å². The minimum absolute atomic E-state index is 0.593. The van der Waals surface area contributed by atoms with Crippen LogP contribution in [0.1, 0.15) is 5.56 Å². The van der Waals surface area contributed by atoms with Gasteiger partial charge in [0.2, 0.25) is 0 Å². The first-order chi connectivity index (χ1) is 10.7. The standard InChI is InChI=1S/C17H13N3S2/c1-10-3-2-4-11(7-10)15-16(22-17(18)20-15)12-5-6-13-14(8-12)21-9-19-13/h2-9H,1H3,(H2,18,20). The van der Waals surface area contributed by atoms with Gasteiger partial charge in [0.25, 0.3) is 0 Å². The summed E-state index contributed by atoms with van der Waals surface area (Å²) >= 11 is 3.18. The molecule has 2 N–H and O–H groups in total. The summed E-state index contributed by atoms with van der Waals surface area (Å²) in [5, 5.41) is 0.593. The quantitative estimate of drug-likeness (QED) is 0.566. The van der Waals surface area contributed by atoms with E-state index < -0.39 is 0 Å². The van der Waals surface area contributed by atoms with Gasteiger partial charge in [0.15, 0.2) is 5.13 Å². The van der Waals surface area contributed by atoms with E-state index in [1.165, 1.54) is 21.6 Å². The monoisotopic (exact) mass is 323 g/mol. The molecule has 0 unspecified atom stereocenters. The van der Waals surface area contributed by atoms with Crippen LogP contribution in [0, 0.1) is 6.92 Å². The van der Waals surface area contributed by atoms with Gasteiger partial charge in [-0.3, -0.25) is 0 Å². The lowest BCUT2D eigenvalue weighted by atomic mass is 10.0. The Balaban J connectivity index is 1.91. The summed E-state index contributed by atoms with van der Waals surface area (Å²) in [6.07, 6.45) is 0. The van der Waals surface area contributed by atoms with E-state index in [2.05, 4.69) is 59.4 Å². The maximum atomic E-state index is 5.98. The van der Waals surface area contributed by atoms with Crippen molar-refractivity contribution in [2.75, 3.05) is 5.73 Å². The van der Waals surface area contributed by atoms with Crippen LogP contribution in [0.3, 0.4) is 0 Å². The largest absolute Gasteiger partial charge is 0.375 e. The lowest BCUT2D eigenvalue weighted by molar-refractivity contribution is 1.39. The number of aromatic nitrogens is 2. The first kappa shape index (κ1) is 13.4. The molecule has 3 nitrogen and oxygen atoms in total. The number of nitrogen functional groups attached to an aromatic ring is 1. The Morgan fingerprint density at radius 3 is 2.82 bits per heavy atom. The topological polar surface area (TPSA) is 51.8 Å². The predicted molar refractivity (Wildman–Crippen MR) is 95.3 cm³/mol. The Bertz CT molecular complexity index is 969. The van der Waals surface area contributed by atoms with Crippen molar-refractivity contribution < 1.29 is 0 Å². The molecule has 108 valence electrons. The second kappa shape index (κ2) is 5.19. The summed E-state index contributed by atoms with van der Waals surface area (Å²) in [6, 6.07) is 14.7. The van der Waals surface area contributed by atoms with Gasteiger partial charge in [-0.25, -0.2) is 9.97 Å². The molecule has 0 fully saturated rings. The SMILES string of the molecule is Cc1cccc(-c2nc(N)sc2-c2ccc3ncsc3c2)c1. The van der Waals surface area contributed by atoms with Gasteiger partial charge in [-0.05, 0) is 30.7 Å². The highest BCUT2D eigenvalue weighted by Gasteiger charge is 2.14. The molecule has 0 atom stereocenters. The van der Waals surface area contributed by atoms with Crippen LogP contribution in [0.5, 0.6) is 0 Å². The lowest BCUT2D eigenvalue weighted by Crippen LogP contribution is -1.85. The van der Waals surface area contributed by atoms with E-state index in [1.54, 1.807) is 11.3 Å². The second-order valence-corrected chi connectivity index (χ2v) is 7.05. The van der Waals surface area contributed by atoms with Crippen molar-refractivity contribution in [2.24, 2.45) is 0 Å². The Hall–Kier alpha value is -2.24. The average Bonchev–Trinajstić information content (AvgIpc) is 3.12. The maximum absolute atomic E-state index is 5.98. The van der Waals surface area contributed by atoms with Crippen LogP contribution in [-0.4, -0.2) is 9.97 Å². The van der Waals surface area contributed by atoms with Crippen LogP contribution >= 0.6 is 22.7 Å². The Morgan fingerprint density at radius 1 is 1.05 bits per heavy atom. The zero-order valence-corrected chi connectivity index (χ0v) is 13.5. The number of hydrogen-bond acceptors (Lipinski definition) is 5. The summed E-state index contributed by atoms with van der Waals surface area (Å²) in [7, 11) is 0. The van der Waals surface area contributed by atoms with Crippen LogP contribution in [0.4, 0.5) is 5.13 Å². The van der Waals surface area contributed by atoms with Crippen molar-refractivity contribution in [2.45, 2.75) is 6.92 Å². The third-order valence-corrected chi connectivity index (χ3v) is 5.25. The molecule has 4 aromatic rings. The van der Waals surface area contributed by atoms with Crippen LogP contribution in [-0.2, 0) is 0 Å². The number of fused-ring (bicyclic) bond motifs is 1. The van der Waals surface area contributed by atoms with Crippen molar-refractivity contribution >= 4 is 38.0 Å². The van der Waals surface area contributed by atoms with Gasteiger partial charge in [-0.2, -0.15) is 0 Å². The summed E-state index contributed by atoms with van der Waals surface area (Å²) < 4.78 is 1.18. The molecule has 2 heterocycles. The maximum Gasteiger partial charge on any atom is 0.181 e. The van der Waals surface area contributed by atoms with Gasteiger partial charge >= 0.3 is 0 Å². The zero-order chi connectivity index (χ0) is 15.1. The smallest absolute Gasteiger partial charge is 0.181 e. The number of anilines is 1. The number of hydrogen-bond donors (Lipinski definition) is 1. The van der Waals surface area contributed by atoms with Gasteiger partial charge < -0.3 is 5.73 Å². The third-order valence-electron chi connectivity index (χ3n) is 3.53. The number of nitrogens with zero attached hydrogens (tertiary/aromatic N) is 2.